The molecule has 96 valence electrons. The molecular weight excluding hydrogens is 252 g/mol. The van der Waals surface area contributed by atoms with Crippen molar-refractivity contribution in [3.63, 3.8) is 0 Å². The van der Waals surface area contributed by atoms with Gasteiger partial charge in [-0.2, -0.15) is 8.42 Å². The highest BCUT2D eigenvalue weighted by molar-refractivity contribution is 7.85. The minimum atomic E-state index is -4.11. The zero-order valence-corrected chi connectivity index (χ0v) is 12.6. The fraction of sp³-hybridized carbons (Fsp3) is 0.500. The first-order chi connectivity index (χ1) is 7.63. The molecule has 0 saturated carbocycles. The van der Waals surface area contributed by atoms with Gasteiger partial charge in [0, 0.05) is 8.07 Å². The number of hydrogen-bond acceptors (Lipinski definition) is 2. The first kappa shape index (κ1) is 14.4. The summed E-state index contributed by atoms with van der Waals surface area (Å²) in [6, 6.07) is 5.94. The standard InChI is InChI=1S/C12H20O3SSi/c1-5-10-6-7-12(16(13,14)15)11(8-10)9-17(2,3)4/h6-8H,5,9H2,1-4H3,(H,13,14,15). The van der Waals surface area contributed by atoms with Crippen LogP contribution in [0.4, 0.5) is 0 Å². The zero-order valence-electron chi connectivity index (χ0n) is 10.8. The summed E-state index contributed by atoms with van der Waals surface area (Å²) in [6.45, 7) is 8.57. The molecule has 0 unspecified atom stereocenters. The third-order valence-electron chi connectivity index (χ3n) is 2.53. The van der Waals surface area contributed by atoms with E-state index in [0.29, 0.717) is 0 Å². The van der Waals surface area contributed by atoms with Crippen LogP contribution in [0.3, 0.4) is 0 Å². The van der Waals surface area contributed by atoms with Crippen LogP contribution < -0.4 is 0 Å². The average Bonchev–Trinajstić information content (AvgIpc) is 2.13. The molecule has 0 aliphatic carbocycles. The van der Waals surface area contributed by atoms with Gasteiger partial charge in [0.25, 0.3) is 10.1 Å². The Balaban J connectivity index is 3.32. The lowest BCUT2D eigenvalue weighted by atomic mass is 10.1. The van der Waals surface area contributed by atoms with Crippen molar-refractivity contribution in [2.75, 3.05) is 0 Å². The van der Waals surface area contributed by atoms with Crippen molar-refractivity contribution in [2.45, 2.75) is 43.9 Å². The second kappa shape index (κ2) is 4.92. The lowest BCUT2D eigenvalue weighted by molar-refractivity contribution is 0.482. The van der Waals surface area contributed by atoms with Crippen LogP contribution in [-0.2, 0) is 22.6 Å². The topological polar surface area (TPSA) is 54.4 Å². The first-order valence-corrected chi connectivity index (χ1v) is 10.9. The van der Waals surface area contributed by atoms with Crippen molar-refractivity contribution in [3.05, 3.63) is 29.3 Å². The van der Waals surface area contributed by atoms with E-state index >= 15 is 0 Å². The quantitative estimate of drug-likeness (QED) is 0.677. The first-order valence-electron chi connectivity index (χ1n) is 5.73. The molecule has 0 heterocycles. The van der Waals surface area contributed by atoms with Gasteiger partial charge in [-0.25, -0.2) is 0 Å². The Kier molecular flexibility index (Phi) is 4.17. The fourth-order valence-corrected chi connectivity index (χ4v) is 4.08. The van der Waals surface area contributed by atoms with Gasteiger partial charge in [-0.3, -0.25) is 4.55 Å². The van der Waals surface area contributed by atoms with Crippen molar-refractivity contribution >= 4 is 18.2 Å². The summed E-state index contributed by atoms with van der Waals surface area (Å²) in [5, 5.41) is 0. The van der Waals surface area contributed by atoms with Gasteiger partial charge in [-0.05, 0) is 29.7 Å². The second-order valence-corrected chi connectivity index (χ2v) is 12.4. The highest BCUT2D eigenvalue weighted by Crippen LogP contribution is 2.22. The van der Waals surface area contributed by atoms with E-state index in [1.807, 2.05) is 13.0 Å². The lowest BCUT2D eigenvalue weighted by Crippen LogP contribution is -2.25. The van der Waals surface area contributed by atoms with Gasteiger partial charge < -0.3 is 0 Å². The van der Waals surface area contributed by atoms with E-state index in [1.165, 1.54) is 6.07 Å². The van der Waals surface area contributed by atoms with Crippen molar-refractivity contribution in [1.82, 2.24) is 0 Å². The smallest absolute Gasteiger partial charge is 0.282 e. The van der Waals surface area contributed by atoms with E-state index in [1.54, 1.807) is 6.07 Å². The van der Waals surface area contributed by atoms with Crippen LogP contribution in [0.15, 0.2) is 23.1 Å². The maximum Gasteiger partial charge on any atom is 0.294 e. The third kappa shape index (κ3) is 4.26. The maximum absolute atomic E-state index is 11.3. The SMILES string of the molecule is CCc1ccc(S(=O)(=O)O)c(C[Si](C)(C)C)c1. The van der Waals surface area contributed by atoms with Gasteiger partial charge in [0.15, 0.2) is 0 Å². The maximum atomic E-state index is 11.3. The van der Waals surface area contributed by atoms with Crippen molar-refractivity contribution in [3.8, 4) is 0 Å². The van der Waals surface area contributed by atoms with Crippen molar-refractivity contribution in [1.29, 1.82) is 0 Å². The Morgan fingerprint density at radius 1 is 1.24 bits per heavy atom. The van der Waals surface area contributed by atoms with E-state index in [-0.39, 0.29) is 4.90 Å². The van der Waals surface area contributed by atoms with Gasteiger partial charge in [0.2, 0.25) is 0 Å². The van der Waals surface area contributed by atoms with Gasteiger partial charge in [-0.1, -0.05) is 38.7 Å². The molecular formula is C12H20O3SSi. The Morgan fingerprint density at radius 2 is 1.82 bits per heavy atom. The van der Waals surface area contributed by atoms with E-state index in [2.05, 4.69) is 19.6 Å². The van der Waals surface area contributed by atoms with Gasteiger partial charge in [0.05, 0.1) is 4.90 Å². The van der Waals surface area contributed by atoms with Gasteiger partial charge in [0.1, 0.15) is 0 Å². The molecule has 3 nitrogen and oxygen atoms in total. The monoisotopic (exact) mass is 272 g/mol. The number of aryl methyl sites for hydroxylation is 1. The molecule has 0 aliphatic heterocycles. The Morgan fingerprint density at radius 3 is 2.24 bits per heavy atom. The van der Waals surface area contributed by atoms with E-state index in [9.17, 15) is 13.0 Å². The fourth-order valence-electron chi connectivity index (χ4n) is 1.81. The van der Waals surface area contributed by atoms with Gasteiger partial charge >= 0.3 is 0 Å². The van der Waals surface area contributed by atoms with E-state index < -0.39 is 18.2 Å². The molecule has 0 radical (unpaired) electrons. The summed E-state index contributed by atoms with van der Waals surface area (Å²) in [6.07, 6.45) is 0.866. The molecule has 0 aliphatic rings. The molecule has 1 aromatic carbocycles. The Labute approximate surface area is 105 Å². The van der Waals surface area contributed by atoms with E-state index in [4.69, 9.17) is 0 Å². The van der Waals surface area contributed by atoms with Crippen LogP contribution in [0.5, 0.6) is 0 Å². The average molecular weight is 272 g/mol. The summed E-state index contributed by atoms with van der Waals surface area (Å²) in [7, 11) is -5.53. The molecule has 0 atom stereocenters. The minimum absolute atomic E-state index is 0.0668. The summed E-state index contributed by atoms with van der Waals surface area (Å²) < 4.78 is 31.8. The molecule has 0 spiro atoms. The van der Waals surface area contributed by atoms with Crippen LogP contribution in [0.1, 0.15) is 18.1 Å². The van der Waals surface area contributed by atoms with Crippen LogP contribution in [0.25, 0.3) is 0 Å². The highest BCUT2D eigenvalue weighted by atomic mass is 32.2. The molecule has 1 rings (SSSR count). The normalized spacial score (nSPS) is 12.8. The summed E-state index contributed by atoms with van der Waals surface area (Å²) in [5.74, 6) is 0. The number of hydrogen-bond donors (Lipinski definition) is 1. The molecule has 17 heavy (non-hydrogen) atoms. The highest BCUT2D eigenvalue weighted by Gasteiger charge is 2.21. The second-order valence-electron chi connectivity index (χ2n) is 5.51. The summed E-state index contributed by atoms with van der Waals surface area (Å²) in [5.41, 5.74) is 1.86. The van der Waals surface area contributed by atoms with Crippen molar-refractivity contribution in [2.24, 2.45) is 0 Å². The van der Waals surface area contributed by atoms with Crippen molar-refractivity contribution < 1.29 is 13.0 Å². The van der Waals surface area contributed by atoms with Crippen LogP contribution in [-0.4, -0.2) is 21.0 Å². The van der Waals surface area contributed by atoms with Crippen LogP contribution in [0.2, 0.25) is 19.6 Å². The molecule has 0 fully saturated rings. The van der Waals surface area contributed by atoms with Crippen LogP contribution in [0, 0.1) is 0 Å². The molecule has 0 aromatic heterocycles. The number of rotatable bonds is 4. The molecule has 5 heteroatoms. The molecule has 0 amide bonds. The van der Waals surface area contributed by atoms with Crippen LogP contribution >= 0.6 is 0 Å². The molecule has 0 bridgehead atoms. The van der Waals surface area contributed by atoms with E-state index in [0.717, 1.165) is 23.6 Å². The Bertz CT molecular complexity index is 501. The third-order valence-corrected chi connectivity index (χ3v) is 4.93. The predicted molar refractivity (Wildman–Crippen MR) is 72.7 cm³/mol. The largest absolute Gasteiger partial charge is 0.294 e. The number of benzene rings is 1. The summed E-state index contributed by atoms with van der Waals surface area (Å²) >= 11 is 0. The Hall–Kier alpha value is -0.653. The minimum Gasteiger partial charge on any atom is -0.282 e. The van der Waals surface area contributed by atoms with Gasteiger partial charge in [-0.15, -0.1) is 0 Å². The zero-order chi connectivity index (χ0) is 13.3. The molecule has 0 saturated heterocycles. The summed E-state index contributed by atoms with van der Waals surface area (Å²) in [4.78, 5) is 0.0668. The predicted octanol–water partition coefficient (Wildman–Crippen LogP) is 2.92. The molecule has 1 aromatic rings. The molecule has 1 N–H and O–H groups in total. The lowest BCUT2D eigenvalue weighted by Gasteiger charge is -2.18.